The molecule has 1 atom stereocenters. The van der Waals surface area contributed by atoms with E-state index < -0.39 is 11.8 Å². The van der Waals surface area contributed by atoms with Crippen molar-refractivity contribution in [2.45, 2.75) is 63.7 Å². The van der Waals surface area contributed by atoms with Gasteiger partial charge in [0.2, 0.25) is 23.5 Å². The minimum absolute atomic E-state index is 0.0579. The average molecular weight is 401 g/mol. The van der Waals surface area contributed by atoms with Gasteiger partial charge in [0.25, 0.3) is 0 Å². The number of rotatable bonds is 9. The van der Waals surface area contributed by atoms with E-state index in [1.807, 2.05) is 0 Å². The van der Waals surface area contributed by atoms with Crippen molar-refractivity contribution in [2.24, 2.45) is 11.7 Å². The Bertz CT molecular complexity index is 832. The normalized spacial score (nSPS) is 15.8. The largest absolute Gasteiger partial charge is 0.366 e. The van der Waals surface area contributed by atoms with Gasteiger partial charge in [0.05, 0.1) is 5.56 Å². The molecule has 156 valence electrons. The predicted octanol–water partition coefficient (Wildman–Crippen LogP) is 2.96. The van der Waals surface area contributed by atoms with E-state index in [1.54, 1.807) is 11.5 Å². The van der Waals surface area contributed by atoms with Crippen LogP contribution in [-0.4, -0.2) is 32.1 Å². The van der Waals surface area contributed by atoms with Crippen molar-refractivity contribution in [3.8, 4) is 11.4 Å². The molecule has 3 rings (SSSR count). The van der Waals surface area contributed by atoms with Crippen LogP contribution in [0.15, 0.2) is 23.0 Å². The van der Waals surface area contributed by atoms with Crippen molar-refractivity contribution < 1.29 is 19.3 Å². The maximum absolute atomic E-state index is 11.7. The van der Waals surface area contributed by atoms with Crippen molar-refractivity contribution in [3.05, 3.63) is 29.9 Å². The smallest absolute Gasteiger partial charge is 0.250 e. The molecule has 2 aromatic rings. The van der Waals surface area contributed by atoms with Gasteiger partial charge in [-0.15, -0.1) is 0 Å². The van der Waals surface area contributed by atoms with Gasteiger partial charge >= 0.3 is 0 Å². The fourth-order valence-electron chi connectivity index (χ4n) is 3.93. The first-order valence-electron chi connectivity index (χ1n) is 10.1. The van der Waals surface area contributed by atoms with Crippen LogP contribution in [0.25, 0.3) is 11.4 Å². The van der Waals surface area contributed by atoms with Gasteiger partial charge < -0.3 is 10.3 Å². The number of amides is 2. The van der Waals surface area contributed by atoms with Crippen LogP contribution in [-0.2, 0) is 4.79 Å². The number of nitrogens with one attached hydrogen (secondary N) is 1. The summed E-state index contributed by atoms with van der Waals surface area (Å²) < 4.78 is 5.40. The number of hydroxylamine groups is 1. The number of nitrogens with two attached hydrogens (primary N) is 1. The molecule has 0 radical (unpaired) electrons. The molecule has 4 N–H and O–H groups in total. The van der Waals surface area contributed by atoms with Gasteiger partial charge in [0, 0.05) is 30.3 Å². The number of carbonyl (C=O) groups is 2. The zero-order valence-corrected chi connectivity index (χ0v) is 16.3. The average Bonchev–Trinajstić information content (AvgIpc) is 3.24. The van der Waals surface area contributed by atoms with Crippen LogP contribution in [0.2, 0.25) is 0 Å². The second kappa shape index (κ2) is 10.1. The van der Waals surface area contributed by atoms with Gasteiger partial charge in [-0.25, -0.2) is 5.48 Å². The molecule has 1 aliphatic rings. The standard InChI is InChI=1S/C20H27N5O4/c21-18(27)15-9-16(12-22-11-15)19-23-20(29-25-19)14(10-17(26)24-28)8-4-7-13-5-2-1-3-6-13/h9,11-14,28H,1-8,10H2,(H2,21,27)(H,24,26)/t14-/m0/s1. The molecule has 1 fully saturated rings. The molecule has 9 heteroatoms. The lowest BCUT2D eigenvalue weighted by Crippen LogP contribution is -2.21. The Kier molecular flexibility index (Phi) is 7.29. The van der Waals surface area contributed by atoms with E-state index in [4.69, 9.17) is 15.5 Å². The summed E-state index contributed by atoms with van der Waals surface area (Å²) in [6.45, 7) is 0. The van der Waals surface area contributed by atoms with E-state index in [0.717, 1.165) is 18.8 Å². The molecule has 2 aromatic heterocycles. The number of pyridine rings is 1. The molecule has 9 nitrogen and oxygen atoms in total. The molecule has 0 aromatic carbocycles. The zero-order valence-electron chi connectivity index (χ0n) is 16.3. The van der Waals surface area contributed by atoms with E-state index in [1.165, 1.54) is 44.5 Å². The molecular weight excluding hydrogens is 374 g/mol. The summed E-state index contributed by atoms with van der Waals surface area (Å²) in [7, 11) is 0. The molecule has 0 unspecified atom stereocenters. The van der Waals surface area contributed by atoms with Gasteiger partial charge in [0.15, 0.2) is 0 Å². The van der Waals surface area contributed by atoms with E-state index in [-0.39, 0.29) is 23.7 Å². The SMILES string of the molecule is NC(=O)c1cncc(-c2noc([C@@H](CCCC3CCCCC3)CC(=O)NO)n2)c1. The van der Waals surface area contributed by atoms with Crippen LogP contribution < -0.4 is 11.2 Å². The maximum atomic E-state index is 11.7. The predicted molar refractivity (Wildman–Crippen MR) is 104 cm³/mol. The summed E-state index contributed by atoms with van der Waals surface area (Å²) in [6.07, 6.45) is 12.2. The number of hydrogen-bond acceptors (Lipinski definition) is 7. The van der Waals surface area contributed by atoms with E-state index in [0.29, 0.717) is 17.9 Å². The molecule has 0 aliphatic heterocycles. The van der Waals surface area contributed by atoms with Crippen LogP contribution in [0.5, 0.6) is 0 Å². The fourth-order valence-corrected chi connectivity index (χ4v) is 3.93. The van der Waals surface area contributed by atoms with E-state index in [2.05, 4.69) is 15.1 Å². The topological polar surface area (TPSA) is 144 Å². The minimum Gasteiger partial charge on any atom is -0.366 e. The molecule has 1 aliphatic carbocycles. The Labute approximate surface area is 169 Å². The summed E-state index contributed by atoms with van der Waals surface area (Å²) in [5.74, 6) is -0.0294. The van der Waals surface area contributed by atoms with Crippen molar-refractivity contribution in [2.75, 3.05) is 0 Å². The summed E-state index contributed by atoms with van der Waals surface area (Å²) in [5, 5.41) is 12.9. The highest BCUT2D eigenvalue weighted by atomic mass is 16.5. The Morgan fingerprint density at radius 1 is 1.28 bits per heavy atom. The van der Waals surface area contributed by atoms with Gasteiger partial charge in [-0.05, 0) is 18.4 Å². The second-order valence-electron chi connectivity index (χ2n) is 7.65. The summed E-state index contributed by atoms with van der Waals surface area (Å²) >= 11 is 0. The van der Waals surface area contributed by atoms with Crippen molar-refractivity contribution >= 4 is 11.8 Å². The van der Waals surface area contributed by atoms with Crippen molar-refractivity contribution in [3.63, 3.8) is 0 Å². The molecule has 0 saturated heterocycles. The highest BCUT2D eigenvalue weighted by molar-refractivity contribution is 5.93. The molecule has 2 heterocycles. The van der Waals surface area contributed by atoms with Crippen LogP contribution in [0, 0.1) is 5.92 Å². The molecular formula is C20H27N5O4. The third-order valence-corrected chi connectivity index (χ3v) is 5.52. The monoisotopic (exact) mass is 401 g/mol. The minimum atomic E-state index is -0.594. The Balaban J connectivity index is 1.69. The van der Waals surface area contributed by atoms with Crippen LogP contribution in [0.3, 0.4) is 0 Å². The van der Waals surface area contributed by atoms with Crippen molar-refractivity contribution in [1.82, 2.24) is 20.6 Å². The molecule has 29 heavy (non-hydrogen) atoms. The Morgan fingerprint density at radius 3 is 2.79 bits per heavy atom. The fraction of sp³-hybridized carbons (Fsp3) is 0.550. The number of carbonyl (C=O) groups excluding carboxylic acids is 2. The maximum Gasteiger partial charge on any atom is 0.250 e. The number of primary amides is 1. The zero-order chi connectivity index (χ0) is 20.6. The Hall–Kier alpha value is -2.81. The highest BCUT2D eigenvalue weighted by Gasteiger charge is 2.24. The first kappa shape index (κ1) is 20.9. The summed E-state index contributed by atoms with van der Waals surface area (Å²) in [6, 6.07) is 1.54. The van der Waals surface area contributed by atoms with E-state index >= 15 is 0 Å². The van der Waals surface area contributed by atoms with Gasteiger partial charge in [-0.1, -0.05) is 50.1 Å². The molecule has 2 amide bonds. The number of aromatic nitrogens is 3. The van der Waals surface area contributed by atoms with Crippen LogP contribution in [0.1, 0.15) is 80.0 Å². The Morgan fingerprint density at radius 2 is 2.07 bits per heavy atom. The number of hydrogen-bond donors (Lipinski definition) is 3. The lowest BCUT2D eigenvalue weighted by Gasteiger charge is -2.22. The van der Waals surface area contributed by atoms with Crippen molar-refractivity contribution in [1.29, 1.82) is 0 Å². The second-order valence-corrected chi connectivity index (χ2v) is 7.65. The highest BCUT2D eigenvalue weighted by Crippen LogP contribution is 2.31. The number of nitrogens with zero attached hydrogens (tertiary/aromatic N) is 3. The molecule has 1 saturated carbocycles. The molecule has 0 spiro atoms. The van der Waals surface area contributed by atoms with Crippen LogP contribution >= 0.6 is 0 Å². The third kappa shape index (κ3) is 5.83. The quantitative estimate of drug-likeness (QED) is 0.433. The van der Waals surface area contributed by atoms with Crippen LogP contribution in [0.4, 0.5) is 0 Å². The van der Waals surface area contributed by atoms with Gasteiger partial charge in [0.1, 0.15) is 0 Å². The lowest BCUT2D eigenvalue weighted by atomic mass is 9.84. The third-order valence-electron chi connectivity index (χ3n) is 5.52. The summed E-state index contributed by atoms with van der Waals surface area (Å²) in [4.78, 5) is 31.5. The van der Waals surface area contributed by atoms with Gasteiger partial charge in [-0.3, -0.25) is 19.8 Å². The molecule has 0 bridgehead atoms. The van der Waals surface area contributed by atoms with E-state index in [9.17, 15) is 9.59 Å². The first-order valence-corrected chi connectivity index (χ1v) is 10.1. The first-order chi connectivity index (χ1) is 14.1. The summed E-state index contributed by atoms with van der Waals surface area (Å²) in [5.41, 5.74) is 7.71. The van der Waals surface area contributed by atoms with Gasteiger partial charge in [-0.2, -0.15) is 4.98 Å². The lowest BCUT2D eigenvalue weighted by molar-refractivity contribution is -0.129.